The van der Waals surface area contributed by atoms with Crippen LogP contribution in [0.25, 0.3) is 0 Å². The molecule has 1 saturated carbocycles. The van der Waals surface area contributed by atoms with Crippen LogP contribution in [0.2, 0.25) is 0 Å². The lowest BCUT2D eigenvalue weighted by atomic mass is 10.1. The minimum absolute atomic E-state index is 0.278. The zero-order valence-corrected chi connectivity index (χ0v) is 9.66. The van der Waals surface area contributed by atoms with Crippen LogP contribution in [-0.2, 0) is 6.54 Å². The Hall–Kier alpha value is -1.61. The van der Waals surface area contributed by atoms with Crippen molar-refractivity contribution in [2.75, 3.05) is 0 Å². The molecule has 0 saturated heterocycles. The number of hydrogen-bond acceptors (Lipinski definition) is 2. The van der Waals surface area contributed by atoms with Crippen LogP contribution in [0, 0.1) is 5.92 Å². The van der Waals surface area contributed by atoms with Gasteiger partial charge in [-0.1, -0.05) is 6.07 Å². The van der Waals surface area contributed by atoms with Crippen LogP contribution in [0.1, 0.15) is 30.2 Å². The highest BCUT2D eigenvalue weighted by atomic mass is 16.3. The maximum absolute atomic E-state index is 10.0. The molecule has 2 aromatic heterocycles. The van der Waals surface area contributed by atoms with E-state index >= 15 is 0 Å². The topological polar surface area (TPSA) is 38.0 Å². The van der Waals surface area contributed by atoms with E-state index in [2.05, 4.69) is 9.55 Å². The van der Waals surface area contributed by atoms with Crippen LogP contribution in [0.5, 0.6) is 0 Å². The summed E-state index contributed by atoms with van der Waals surface area (Å²) in [7, 11) is 0. The minimum Gasteiger partial charge on any atom is -0.388 e. The molecular formula is C14H16N2O. The van der Waals surface area contributed by atoms with Gasteiger partial charge in [-0.15, -0.1) is 0 Å². The Balaban J connectivity index is 1.72. The van der Waals surface area contributed by atoms with Gasteiger partial charge in [-0.2, -0.15) is 0 Å². The molecule has 17 heavy (non-hydrogen) atoms. The monoisotopic (exact) mass is 228 g/mol. The molecule has 0 radical (unpaired) electrons. The number of pyridine rings is 1. The van der Waals surface area contributed by atoms with Crippen molar-refractivity contribution in [3.05, 3.63) is 54.1 Å². The summed E-state index contributed by atoms with van der Waals surface area (Å²) in [6.07, 6.45) is 7.88. The van der Waals surface area contributed by atoms with Gasteiger partial charge in [-0.25, -0.2) is 0 Å². The molecule has 1 N–H and O–H groups in total. The van der Waals surface area contributed by atoms with E-state index in [0.29, 0.717) is 5.92 Å². The van der Waals surface area contributed by atoms with E-state index in [9.17, 15) is 5.11 Å². The van der Waals surface area contributed by atoms with E-state index in [1.165, 1.54) is 0 Å². The van der Waals surface area contributed by atoms with E-state index in [-0.39, 0.29) is 6.10 Å². The number of aliphatic hydroxyl groups is 1. The van der Waals surface area contributed by atoms with Crippen molar-refractivity contribution in [2.24, 2.45) is 5.92 Å². The molecule has 1 atom stereocenters. The summed E-state index contributed by atoms with van der Waals surface area (Å²) in [5.41, 5.74) is 2.07. The summed E-state index contributed by atoms with van der Waals surface area (Å²) in [5, 5.41) is 10.0. The number of aliphatic hydroxyl groups excluding tert-OH is 1. The normalized spacial score (nSPS) is 17.0. The van der Waals surface area contributed by atoms with E-state index in [1.54, 1.807) is 6.20 Å². The highest BCUT2D eigenvalue weighted by Gasteiger charge is 2.31. The van der Waals surface area contributed by atoms with Gasteiger partial charge < -0.3 is 9.67 Å². The number of hydrogen-bond donors (Lipinski definition) is 1. The highest BCUT2D eigenvalue weighted by Crippen LogP contribution is 2.40. The third-order valence-corrected chi connectivity index (χ3v) is 3.25. The molecule has 0 spiro atoms. The van der Waals surface area contributed by atoms with Gasteiger partial charge in [-0.3, -0.25) is 4.98 Å². The van der Waals surface area contributed by atoms with E-state index in [0.717, 1.165) is 30.6 Å². The average Bonchev–Trinajstić information content (AvgIpc) is 3.11. The Labute approximate surface area is 101 Å². The van der Waals surface area contributed by atoms with E-state index in [4.69, 9.17) is 0 Å². The van der Waals surface area contributed by atoms with Crippen LogP contribution >= 0.6 is 0 Å². The summed E-state index contributed by atoms with van der Waals surface area (Å²) >= 11 is 0. The first kappa shape index (κ1) is 10.5. The predicted octanol–water partition coefficient (Wildman–Crippen LogP) is 2.37. The van der Waals surface area contributed by atoms with Crippen molar-refractivity contribution in [3.63, 3.8) is 0 Å². The maximum atomic E-state index is 10.0. The van der Waals surface area contributed by atoms with Gasteiger partial charge in [-0.05, 0) is 42.5 Å². The Bertz CT molecular complexity index is 488. The maximum Gasteiger partial charge on any atom is 0.0832 e. The predicted molar refractivity (Wildman–Crippen MR) is 65.5 cm³/mol. The van der Waals surface area contributed by atoms with Gasteiger partial charge in [0, 0.05) is 18.6 Å². The standard InChI is InChI=1S/C14H16N2O/c17-14(11-4-5-11)12-6-8-16(9-12)10-13-3-1-2-7-15-13/h1-3,6-9,11,14,17H,4-5,10H2. The summed E-state index contributed by atoms with van der Waals surface area (Å²) < 4.78 is 2.07. The lowest BCUT2D eigenvalue weighted by molar-refractivity contribution is 0.154. The van der Waals surface area contributed by atoms with Crippen LogP contribution in [0.3, 0.4) is 0 Å². The van der Waals surface area contributed by atoms with Gasteiger partial charge in [0.25, 0.3) is 0 Å². The van der Waals surface area contributed by atoms with Crippen LogP contribution < -0.4 is 0 Å². The minimum atomic E-state index is -0.278. The molecule has 88 valence electrons. The molecule has 0 aliphatic heterocycles. The fourth-order valence-corrected chi connectivity index (χ4v) is 2.10. The Morgan fingerprint density at radius 2 is 2.24 bits per heavy atom. The lowest BCUT2D eigenvalue weighted by Gasteiger charge is -2.06. The van der Waals surface area contributed by atoms with Gasteiger partial charge >= 0.3 is 0 Å². The van der Waals surface area contributed by atoms with Gasteiger partial charge in [0.1, 0.15) is 0 Å². The fourth-order valence-electron chi connectivity index (χ4n) is 2.10. The number of nitrogens with zero attached hydrogens (tertiary/aromatic N) is 2. The van der Waals surface area contributed by atoms with E-state index < -0.39 is 0 Å². The summed E-state index contributed by atoms with van der Waals surface area (Å²) in [5.74, 6) is 0.487. The smallest absolute Gasteiger partial charge is 0.0832 e. The molecule has 3 rings (SSSR count). The van der Waals surface area contributed by atoms with E-state index in [1.807, 2.05) is 36.7 Å². The third-order valence-electron chi connectivity index (χ3n) is 3.25. The van der Waals surface area contributed by atoms with Crippen molar-refractivity contribution in [2.45, 2.75) is 25.5 Å². The molecular weight excluding hydrogens is 212 g/mol. The molecule has 0 amide bonds. The van der Waals surface area contributed by atoms with Gasteiger partial charge in [0.05, 0.1) is 18.3 Å². The molecule has 0 bridgehead atoms. The molecule has 1 unspecified atom stereocenters. The van der Waals surface area contributed by atoms with Crippen LogP contribution in [0.4, 0.5) is 0 Å². The Kier molecular flexibility index (Phi) is 2.69. The molecule has 1 aliphatic carbocycles. The summed E-state index contributed by atoms with van der Waals surface area (Å²) in [6, 6.07) is 7.93. The average molecular weight is 228 g/mol. The first-order valence-electron chi connectivity index (χ1n) is 6.06. The molecule has 2 heterocycles. The zero-order chi connectivity index (χ0) is 11.7. The number of aromatic nitrogens is 2. The second-order valence-electron chi connectivity index (χ2n) is 4.72. The Morgan fingerprint density at radius 1 is 1.35 bits per heavy atom. The van der Waals surface area contributed by atoms with Crippen molar-refractivity contribution in [1.82, 2.24) is 9.55 Å². The highest BCUT2D eigenvalue weighted by molar-refractivity contribution is 5.17. The quantitative estimate of drug-likeness (QED) is 0.872. The van der Waals surface area contributed by atoms with Gasteiger partial charge in [0.2, 0.25) is 0 Å². The SMILES string of the molecule is OC(c1ccn(Cc2ccccn2)c1)C1CC1. The van der Waals surface area contributed by atoms with Crippen molar-refractivity contribution in [3.8, 4) is 0 Å². The summed E-state index contributed by atoms with van der Waals surface area (Å²) in [6.45, 7) is 0.762. The van der Waals surface area contributed by atoms with Crippen molar-refractivity contribution < 1.29 is 5.11 Å². The van der Waals surface area contributed by atoms with Crippen LogP contribution in [0.15, 0.2) is 42.9 Å². The zero-order valence-electron chi connectivity index (χ0n) is 9.66. The van der Waals surface area contributed by atoms with Crippen molar-refractivity contribution in [1.29, 1.82) is 0 Å². The summed E-state index contributed by atoms with van der Waals surface area (Å²) in [4.78, 5) is 4.29. The molecule has 0 aromatic carbocycles. The molecule has 1 aliphatic rings. The second kappa shape index (κ2) is 4.34. The first-order chi connectivity index (χ1) is 8.33. The van der Waals surface area contributed by atoms with Crippen molar-refractivity contribution >= 4 is 0 Å². The largest absolute Gasteiger partial charge is 0.388 e. The third kappa shape index (κ3) is 2.39. The number of rotatable bonds is 4. The van der Waals surface area contributed by atoms with Crippen LogP contribution in [-0.4, -0.2) is 14.7 Å². The molecule has 2 aromatic rings. The Morgan fingerprint density at radius 3 is 2.94 bits per heavy atom. The molecule has 1 fully saturated rings. The molecule has 3 nitrogen and oxygen atoms in total. The first-order valence-corrected chi connectivity index (χ1v) is 6.06. The molecule has 3 heteroatoms. The van der Waals surface area contributed by atoms with Gasteiger partial charge in [0.15, 0.2) is 0 Å². The second-order valence-corrected chi connectivity index (χ2v) is 4.72. The lowest BCUT2D eigenvalue weighted by Crippen LogP contribution is -2.00. The fraction of sp³-hybridized carbons (Fsp3) is 0.357.